The van der Waals surface area contributed by atoms with Gasteiger partial charge in [-0.3, -0.25) is 15.1 Å². The average molecular weight is 581 g/mol. The van der Waals surface area contributed by atoms with E-state index in [0.717, 1.165) is 11.4 Å². The standard InChI is InChI=1S/C28H25ClN4O6S/c1-36-13-14-38-23-9-7-17(15-20(23)29)32-27(26(31-28(32)40)21-5-3-4-12-30-21)24-11-10-22(39-24)19-8-6-18(33(34)35)16-25(19)37-2/h3-12,15-16,26-27H,13-14H2,1-2H3,(H,31,40)/t26-,27+/m0/s1. The van der Waals surface area contributed by atoms with Crippen molar-refractivity contribution < 1.29 is 23.6 Å². The Morgan fingerprint density at radius 2 is 1.95 bits per heavy atom. The first-order valence-corrected chi connectivity index (χ1v) is 13.0. The lowest BCUT2D eigenvalue weighted by Crippen LogP contribution is -2.29. The van der Waals surface area contributed by atoms with Gasteiger partial charge >= 0.3 is 0 Å². The van der Waals surface area contributed by atoms with Crippen molar-refractivity contribution in [3.8, 4) is 22.8 Å². The summed E-state index contributed by atoms with van der Waals surface area (Å²) < 4.78 is 22.6. The molecule has 2 aromatic carbocycles. The molecular weight excluding hydrogens is 556 g/mol. The number of furan rings is 1. The lowest BCUT2D eigenvalue weighted by molar-refractivity contribution is -0.384. The molecule has 1 N–H and O–H groups in total. The van der Waals surface area contributed by atoms with E-state index in [0.29, 0.717) is 51.9 Å². The van der Waals surface area contributed by atoms with Crippen molar-refractivity contribution in [2.75, 3.05) is 32.3 Å². The number of benzene rings is 2. The third kappa shape index (κ3) is 5.44. The van der Waals surface area contributed by atoms with Gasteiger partial charge in [0, 0.05) is 25.1 Å². The Morgan fingerprint density at radius 1 is 1.10 bits per heavy atom. The van der Waals surface area contributed by atoms with E-state index in [1.165, 1.54) is 19.2 Å². The predicted octanol–water partition coefficient (Wildman–Crippen LogP) is 6.11. The fourth-order valence-electron chi connectivity index (χ4n) is 4.57. The lowest BCUT2D eigenvalue weighted by Gasteiger charge is -2.26. The molecule has 0 saturated carbocycles. The van der Waals surface area contributed by atoms with Crippen LogP contribution in [0.3, 0.4) is 0 Å². The molecule has 2 atom stereocenters. The van der Waals surface area contributed by atoms with Gasteiger partial charge in [-0.05, 0) is 60.7 Å². The number of aromatic nitrogens is 1. The molecule has 1 aliphatic heterocycles. The number of methoxy groups -OCH3 is 2. The minimum atomic E-state index is -0.473. The molecule has 1 fully saturated rings. The predicted molar refractivity (Wildman–Crippen MR) is 154 cm³/mol. The first-order valence-electron chi connectivity index (χ1n) is 12.3. The number of anilines is 1. The van der Waals surface area contributed by atoms with Crippen molar-refractivity contribution in [3.63, 3.8) is 0 Å². The second-order valence-corrected chi connectivity index (χ2v) is 9.59. The van der Waals surface area contributed by atoms with E-state index in [1.807, 2.05) is 35.2 Å². The van der Waals surface area contributed by atoms with Gasteiger partial charge in [0.1, 0.15) is 35.7 Å². The highest BCUT2D eigenvalue weighted by atomic mass is 35.5. The average Bonchev–Trinajstić information content (AvgIpc) is 3.58. The second-order valence-electron chi connectivity index (χ2n) is 8.80. The third-order valence-electron chi connectivity index (χ3n) is 6.42. The van der Waals surface area contributed by atoms with Gasteiger partial charge in [-0.2, -0.15) is 0 Å². The molecule has 0 bridgehead atoms. The minimum absolute atomic E-state index is 0.0781. The molecule has 0 radical (unpaired) electrons. The summed E-state index contributed by atoms with van der Waals surface area (Å²) in [6, 6.07) is 18.4. The maximum Gasteiger partial charge on any atom is 0.273 e. The van der Waals surface area contributed by atoms with Gasteiger partial charge in [0.15, 0.2) is 5.11 Å². The highest BCUT2D eigenvalue weighted by Gasteiger charge is 2.43. The fourth-order valence-corrected chi connectivity index (χ4v) is 5.14. The van der Waals surface area contributed by atoms with Crippen LogP contribution >= 0.6 is 23.8 Å². The van der Waals surface area contributed by atoms with Gasteiger partial charge < -0.3 is 28.8 Å². The Bertz CT molecular complexity index is 1530. The fraction of sp³-hybridized carbons (Fsp3) is 0.214. The number of thiocarbonyl (C=S) groups is 1. The van der Waals surface area contributed by atoms with Crippen LogP contribution in [0.1, 0.15) is 23.5 Å². The molecule has 4 aromatic rings. The molecule has 0 amide bonds. The second kappa shape index (κ2) is 11.9. The number of non-ortho nitro benzene ring substituents is 1. The largest absolute Gasteiger partial charge is 0.496 e. The topological polar surface area (TPSA) is 112 Å². The molecule has 10 nitrogen and oxygen atoms in total. The van der Waals surface area contributed by atoms with E-state index in [2.05, 4.69) is 10.3 Å². The van der Waals surface area contributed by atoms with Gasteiger partial charge in [0.2, 0.25) is 0 Å². The van der Waals surface area contributed by atoms with Crippen LogP contribution in [-0.4, -0.2) is 42.5 Å². The van der Waals surface area contributed by atoms with Crippen LogP contribution in [0, 0.1) is 10.1 Å². The Labute approximate surface area is 240 Å². The monoisotopic (exact) mass is 580 g/mol. The van der Waals surface area contributed by atoms with E-state index in [4.69, 9.17) is 42.4 Å². The zero-order valence-corrected chi connectivity index (χ0v) is 23.1. The summed E-state index contributed by atoms with van der Waals surface area (Å²) in [6.07, 6.45) is 1.72. The molecule has 206 valence electrons. The van der Waals surface area contributed by atoms with Crippen LogP contribution in [0.25, 0.3) is 11.3 Å². The maximum atomic E-state index is 11.3. The number of nitro groups is 1. The first-order chi connectivity index (χ1) is 19.4. The molecule has 12 heteroatoms. The van der Waals surface area contributed by atoms with E-state index < -0.39 is 11.0 Å². The minimum Gasteiger partial charge on any atom is -0.496 e. The van der Waals surface area contributed by atoms with E-state index >= 15 is 0 Å². The molecular formula is C28H25ClN4O6S. The van der Waals surface area contributed by atoms with Crippen molar-refractivity contribution in [1.29, 1.82) is 0 Å². The molecule has 0 aliphatic carbocycles. The molecule has 2 aromatic heterocycles. The van der Waals surface area contributed by atoms with E-state index in [1.54, 1.807) is 37.6 Å². The highest BCUT2D eigenvalue weighted by Crippen LogP contribution is 2.45. The first kappa shape index (κ1) is 27.4. The number of ether oxygens (including phenoxy) is 3. The Hall–Kier alpha value is -4.19. The van der Waals surface area contributed by atoms with Crippen LogP contribution in [0.4, 0.5) is 11.4 Å². The summed E-state index contributed by atoms with van der Waals surface area (Å²) in [5.74, 6) is 1.93. The maximum absolute atomic E-state index is 11.3. The van der Waals surface area contributed by atoms with E-state index in [9.17, 15) is 10.1 Å². The molecule has 3 heterocycles. The van der Waals surface area contributed by atoms with Crippen molar-refractivity contribution in [2.45, 2.75) is 12.1 Å². The summed E-state index contributed by atoms with van der Waals surface area (Å²) in [5, 5.41) is 15.5. The summed E-state index contributed by atoms with van der Waals surface area (Å²) in [5.41, 5.74) is 2.00. The van der Waals surface area contributed by atoms with Crippen molar-refractivity contribution >= 4 is 40.3 Å². The summed E-state index contributed by atoms with van der Waals surface area (Å²) in [7, 11) is 3.06. The summed E-state index contributed by atoms with van der Waals surface area (Å²) >= 11 is 12.4. The van der Waals surface area contributed by atoms with Gasteiger partial charge in [-0.15, -0.1) is 0 Å². The number of rotatable bonds is 10. The quantitative estimate of drug-likeness (QED) is 0.102. The SMILES string of the molecule is COCCOc1ccc(N2C(=S)N[C@@H](c3ccccn3)[C@H]2c2ccc(-c3ccc([N+](=O)[O-])cc3OC)o2)cc1Cl. The van der Waals surface area contributed by atoms with Crippen molar-refractivity contribution in [1.82, 2.24) is 10.3 Å². The molecule has 1 aliphatic rings. The van der Waals surface area contributed by atoms with Gasteiger partial charge in [0.25, 0.3) is 5.69 Å². The van der Waals surface area contributed by atoms with Crippen molar-refractivity contribution in [2.24, 2.45) is 0 Å². The molecule has 0 unspecified atom stereocenters. The smallest absolute Gasteiger partial charge is 0.273 e. The number of hydrogen-bond donors (Lipinski definition) is 1. The van der Waals surface area contributed by atoms with Gasteiger partial charge in [-0.1, -0.05) is 17.7 Å². The van der Waals surface area contributed by atoms with Gasteiger partial charge in [-0.25, -0.2) is 0 Å². The summed E-state index contributed by atoms with van der Waals surface area (Å²) in [4.78, 5) is 17.3. The van der Waals surface area contributed by atoms with Crippen molar-refractivity contribution in [3.05, 3.63) is 99.5 Å². The Kier molecular flexibility index (Phi) is 8.15. The lowest BCUT2D eigenvalue weighted by atomic mass is 10.0. The van der Waals surface area contributed by atoms with Crippen LogP contribution in [0.15, 0.2) is 77.3 Å². The van der Waals surface area contributed by atoms with Crippen LogP contribution in [-0.2, 0) is 4.74 Å². The van der Waals surface area contributed by atoms with Crippen LogP contribution in [0.5, 0.6) is 11.5 Å². The Morgan fingerprint density at radius 3 is 2.65 bits per heavy atom. The van der Waals surface area contributed by atoms with Gasteiger partial charge in [0.05, 0.1) is 47.0 Å². The molecule has 40 heavy (non-hydrogen) atoms. The van der Waals surface area contributed by atoms with Crippen LogP contribution < -0.4 is 19.7 Å². The molecule has 5 rings (SSSR count). The molecule has 0 spiro atoms. The Balaban J connectivity index is 1.55. The highest BCUT2D eigenvalue weighted by molar-refractivity contribution is 7.80. The normalized spacial score (nSPS) is 16.6. The number of pyridine rings is 1. The molecule has 1 saturated heterocycles. The van der Waals surface area contributed by atoms with E-state index in [-0.39, 0.29) is 11.7 Å². The number of nitrogens with one attached hydrogen (secondary N) is 1. The number of nitro benzene ring substituents is 1. The van der Waals surface area contributed by atoms with Crippen LogP contribution in [0.2, 0.25) is 5.02 Å². The summed E-state index contributed by atoms with van der Waals surface area (Å²) in [6.45, 7) is 0.803. The number of halogens is 1. The zero-order valence-electron chi connectivity index (χ0n) is 21.6. The third-order valence-corrected chi connectivity index (χ3v) is 7.03. The number of hydrogen-bond acceptors (Lipinski definition) is 8. The number of nitrogens with zero attached hydrogens (tertiary/aromatic N) is 3. The zero-order chi connectivity index (χ0) is 28.2.